The number of hydrogen-bond donors (Lipinski definition) is 2. The molecule has 0 amide bonds. The monoisotopic (exact) mass is 388 g/mol. The molecule has 142 valence electrons. The van der Waals surface area contributed by atoms with Crippen LogP contribution in [0.1, 0.15) is 11.1 Å². The Hall–Kier alpha value is -4.68. The molecule has 0 saturated heterocycles. The average molecular weight is 388 g/mol. The van der Waals surface area contributed by atoms with Crippen LogP contribution in [0.4, 0.5) is 23.1 Å². The van der Waals surface area contributed by atoms with E-state index in [0.29, 0.717) is 22.9 Å². The third-order valence-electron chi connectivity index (χ3n) is 4.35. The van der Waals surface area contributed by atoms with E-state index >= 15 is 0 Å². The molecule has 3 aromatic carbocycles. The summed E-state index contributed by atoms with van der Waals surface area (Å²) in [6, 6.07) is 30.2. The van der Waals surface area contributed by atoms with Crippen molar-refractivity contribution in [3.8, 4) is 23.4 Å². The Kier molecular flexibility index (Phi) is 5.32. The minimum atomic E-state index is 0.428. The molecule has 30 heavy (non-hydrogen) atoms. The van der Waals surface area contributed by atoms with E-state index < -0.39 is 0 Å². The second-order valence-corrected chi connectivity index (χ2v) is 6.46. The molecule has 0 aliphatic heterocycles. The van der Waals surface area contributed by atoms with Crippen LogP contribution in [0.3, 0.4) is 0 Å². The van der Waals surface area contributed by atoms with E-state index in [0.717, 1.165) is 22.6 Å². The summed E-state index contributed by atoms with van der Waals surface area (Å²) in [5.74, 6) is 1.04. The van der Waals surface area contributed by atoms with Crippen LogP contribution in [-0.4, -0.2) is 9.97 Å². The van der Waals surface area contributed by atoms with Gasteiger partial charge in [0.05, 0.1) is 29.0 Å². The van der Waals surface area contributed by atoms with E-state index in [1.54, 1.807) is 24.3 Å². The lowest BCUT2D eigenvalue weighted by molar-refractivity contribution is 1.17. The summed E-state index contributed by atoms with van der Waals surface area (Å²) in [6.45, 7) is 0. The Morgan fingerprint density at radius 3 is 1.77 bits per heavy atom. The first-order valence-corrected chi connectivity index (χ1v) is 9.22. The van der Waals surface area contributed by atoms with Crippen LogP contribution in [-0.2, 0) is 0 Å². The normalized spacial score (nSPS) is 9.93. The highest BCUT2D eigenvalue weighted by molar-refractivity contribution is 5.69. The van der Waals surface area contributed by atoms with E-state index in [2.05, 4.69) is 32.7 Å². The van der Waals surface area contributed by atoms with Gasteiger partial charge in [-0.15, -0.1) is 0 Å². The van der Waals surface area contributed by atoms with Crippen molar-refractivity contribution in [1.82, 2.24) is 9.97 Å². The number of rotatable bonds is 5. The number of aromatic nitrogens is 2. The number of nitrogens with one attached hydrogen (secondary N) is 2. The fourth-order valence-electron chi connectivity index (χ4n) is 2.86. The number of anilines is 4. The van der Waals surface area contributed by atoms with Gasteiger partial charge in [0.25, 0.3) is 0 Å². The van der Waals surface area contributed by atoms with Crippen molar-refractivity contribution in [1.29, 1.82) is 10.5 Å². The van der Waals surface area contributed by atoms with Crippen molar-refractivity contribution in [2.45, 2.75) is 0 Å². The van der Waals surface area contributed by atoms with Crippen molar-refractivity contribution in [3.05, 3.63) is 96.1 Å². The minimum Gasteiger partial charge on any atom is -0.340 e. The van der Waals surface area contributed by atoms with Crippen molar-refractivity contribution in [2.75, 3.05) is 10.6 Å². The first kappa shape index (κ1) is 18.7. The van der Waals surface area contributed by atoms with E-state index in [1.165, 1.54) is 0 Å². The Bertz CT molecular complexity index is 1160. The van der Waals surface area contributed by atoms with Gasteiger partial charge in [-0.2, -0.15) is 15.5 Å². The highest BCUT2D eigenvalue weighted by Gasteiger charge is 2.08. The summed E-state index contributed by atoms with van der Waals surface area (Å²) < 4.78 is 0. The molecular weight excluding hydrogens is 372 g/mol. The summed E-state index contributed by atoms with van der Waals surface area (Å²) >= 11 is 0. The molecular formula is C24H16N6. The summed E-state index contributed by atoms with van der Waals surface area (Å²) in [6.07, 6.45) is 0. The molecule has 4 rings (SSSR count). The van der Waals surface area contributed by atoms with Crippen LogP contribution in [0.5, 0.6) is 0 Å². The van der Waals surface area contributed by atoms with Crippen molar-refractivity contribution in [2.24, 2.45) is 0 Å². The molecule has 0 aliphatic rings. The van der Waals surface area contributed by atoms with Gasteiger partial charge < -0.3 is 10.6 Å². The van der Waals surface area contributed by atoms with E-state index in [1.807, 2.05) is 60.7 Å². The highest BCUT2D eigenvalue weighted by atomic mass is 15.1. The lowest BCUT2D eigenvalue weighted by Crippen LogP contribution is -2.02. The lowest BCUT2D eigenvalue weighted by atomic mass is 10.1. The molecule has 1 heterocycles. The third-order valence-corrected chi connectivity index (χ3v) is 4.35. The quantitative estimate of drug-likeness (QED) is 0.477. The van der Waals surface area contributed by atoms with E-state index in [9.17, 15) is 0 Å². The Balaban J connectivity index is 1.68. The standard InChI is InChI=1S/C24H16N6/c25-15-17-6-10-20(11-7-17)27-23-14-22(19-4-2-1-3-5-19)29-24(30-23)28-21-12-8-18(16-26)9-13-21/h1-14H,(H2,27,28,29,30). The van der Waals surface area contributed by atoms with Crippen LogP contribution >= 0.6 is 0 Å². The summed E-state index contributed by atoms with van der Waals surface area (Å²) in [4.78, 5) is 9.21. The van der Waals surface area contributed by atoms with Crippen molar-refractivity contribution in [3.63, 3.8) is 0 Å². The smallest absolute Gasteiger partial charge is 0.229 e. The summed E-state index contributed by atoms with van der Waals surface area (Å²) in [7, 11) is 0. The maximum absolute atomic E-state index is 8.97. The molecule has 0 fully saturated rings. The zero-order valence-electron chi connectivity index (χ0n) is 15.9. The second-order valence-electron chi connectivity index (χ2n) is 6.46. The van der Waals surface area contributed by atoms with Crippen molar-refractivity contribution < 1.29 is 0 Å². The highest BCUT2D eigenvalue weighted by Crippen LogP contribution is 2.25. The minimum absolute atomic E-state index is 0.428. The first-order chi connectivity index (χ1) is 14.7. The molecule has 1 aromatic heterocycles. The Labute approximate surface area is 174 Å². The molecule has 0 atom stereocenters. The Morgan fingerprint density at radius 1 is 0.633 bits per heavy atom. The predicted molar refractivity (Wildman–Crippen MR) is 116 cm³/mol. The van der Waals surface area contributed by atoms with Crippen LogP contribution in [0, 0.1) is 22.7 Å². The zero-order valence-corrected chi connectivity index (χ0v) is 15.9. The SMILES string of the molecule is N#Cc1ccc(Nc2cc(-c3ccccc3)nc(Nc3ccc(C#N)cc3)n2)cc1. The molecule has 6 heteroatoms. The maximum atomic E-state index is 8.97. The average Bonchev–Trinajstić information content (AvgIpc) is 2.80. The van der Waals surface area contributed by atoms with Gasteiger partial charge in [0.1, 0.15) is 5.82 Å². The van der Waals surface area contributed by atoms with Crippen molar-refractivity contribution >= 4 is 23.1 Å². The maximum Gasteiger partial charge on any atom is 0.229 e. The van der Waals surface area contributed by atoms with E-state index in [-0.39, 0.29) is 0 Å². The van der Waals surface area contributed by atoms with Gasteiger partial charge in [0, 0.05) is 23.0 Å². The summed E-state index contributed by atoms with van der Waals surface area (Å²) in [5, 5.41) is 24.4. The van der Waals surface area contributed by atoms with Gasteiger partial charge in [0.15, 0.2) is 0 Å². The number of hydrogen-bond acceptors (Lipinski definition) is 6. The van der Waals surface area contributed by atoms with Gasteiger partial charge in [-0.1, -0.05) is 30.3 Å². The number of nitriles is 2. The molecule has 0 aliphatic carbocycles. The third kappa shape index (κ3) is 4.41. The molecule has 0 unspecified atom stereocenters. The number of nitrogens with zero attached hydrogens (tertiary/aromatic N) is 4. The van der Waals surface area contributed by atoms with Crippen LogP contribution in [0.15, 0.2) is 84.9 Å². The molecule has 0 spiro atoms. The molecule has 4 aromatic rings. The van der Waals surface area contributed by atoms with E-state index in [4.69, 9.17) is 10.5 Å². The van der Waals surface area contributed by atoms with Gasteiger partial charge in [-0.05, 0) is 48.5 Å². The predicted octanol–water partition coefficient (Wildman–Crippen LogP) is 5.37. The van der Waals surface area contributed by atoms with Crippen LogP contribution in [0.2, 0.25) is 0 Å². The van der Waals surface area contributed by atoms with Crippen LogP contribution < -0.4 is 10.6 Å². The first-order valence-electron chi connectivity index (χ1n) is 9.22. The molecule has 0 saturated carbocycles. The molecule has 6 nitrogen and oxygen atoms in total. The Morgan fingerprint density at radius 2 is 1.20 bits per heavy atom. The zero-order chi connectivity index (χ0) is 20.8. The fourth-order valence-corrected chi connectivity index (χ4v) is 2.86. The lowest BCUT2D eigenvalue weighted by Gasteiger charge is -2.12. The fraction of sp³-hybridized carbons (Fsp3) is 0. The molecule has 2 N–H and O–H groups in total. The van der Waals surface area contributed by atoms with Gasteiger partial charge in [-0.25, -0.2) is 4.98 Å². The molecule has 0 radical (unpaired) electrons. The second kappa shape index (κ2) is 8.55. The van der Waals surface area contributed by atoms with Crippen LogP contribution in [0.25, 0.3) is 11.3 Å². The summed E-state index contributed by atoms with van der Waals surface area (Å²) in [5.41, 5.74) is 4.50. The largest absolute Gasteiger partial charge is 0.340 e. The molecule has 0 bridgehead atoms. The van der Waals surface area contributed by atoms with Gasteiger partial charge in [-0.3, -0.25) is 0 Å². The van der Waals surface area contributed by atoms with Gasteiger partial charge in [0.2, 0.25) is 5.95 Å². The topological polar surface area (TPSA) is 97.4 Å². The number of benzene rings is 3. The van der Waals surface area contributed by atoms with Gasteiger partial charge >= 0.3 is 0 Å².